The monoisotopic (exact) mass is 383 g/mol. The van der Waals surface area contributed by atoms with Crippen molar-refractivity contribution in [2.24, 2.45) is 17.6 Å². The molecule has 4 aliphatic rings. The maximum atomic E-state index is 13.0. The Morgan fingerprint density at radius 3 is 2.89 bits per heavy atom. The number of nitrogens with zero attached hydrogens (tertiary/aromatic N) is 2. The van der Waals surface area contributed by atoms with Crippen LogP contribution in [0.5, 0.6) is 5.75 Å². The van der Waals surface area contributed by atoms with E-state index in [1.807, 2.05) is 12.1 Å². The number of fused-ring (bicyclic) bond motifs is 1. The van der Waals surface area contributed by atoms with E-state index in [9.17, 15) is 14.7 Å². The van der Waals surface area contributed by atoms with Crippen molar-refractivity contribution in [2.75, 3.05) is 19.6 Å². The summed E-state index contributed by atoms with van der Waals surface area (Å²) in [5, 5.41) is 10.2. The average Bonchev–Trinajstić information content (AvgIpc) is 3.47. The lowest BCUT2D eigenvalue weighted by atomic mass is 9.54. The second kappa shape index (κ2) is 6.29. The predicted octanol–water partition coefficient (Wildman–Crippen LogP) is 1.39. The number of rotatable bonds is 3. The average molecular weight is 383 g/mol. The number of aromatic hydroxyl groups is 1. The number of nitrogens with two attached hydrogens (primary N) is 1. The highest BCUT2D eigenvalue weighted by atomic mass is 16.3. The van der Waals surface area contributed by atoms with Gasteiger partial charge in [0.1, 0.15) is 5.75 Å². The van der Waals surface area contributed by atoms with Gasteiger partial charge in [-0.15, -0.1) is 0 Å². The summed E-state index contributed by atoms with van der Waals surface area (Å²) in [4.78, 5) is 29.6. The van der Waals surface area contributed by atoms with Crippen LogP contribution in [0.25, 0.3) is 0 Å². The molecule has 0 unspecified atom stereocenters. The molecule has 2 saturated heterocycles. The minimum absolute atomic E-state index is 0.121. The first-order chi connectivity index (χ1) is 13.4. The van der Waals surface area contributed by atoms with Crippen LogP contribution in [0.4, 0.5) is 0 Å². The summed E-state index contributed by atoms with van der Waals surface area (Å²) in [7, 11) is 0. The molecule has 6 heteroatoms. The van der Waals surface area contributed by atoms with Gasteiger partial charge in [0, 0.05) is 36.9 Å². The number of hydrogen-bond donors (Lipinski definition) is 2. The van der Waals surface area contributed by atoms with E-state index in [1.165, 1.54) is 23.3 Å². The van der Waals surface area contributed by atoms with Gasteiger partial charge in [0.15, 0.2) is 0 Å². The highest BCUT2D eigenvalue weighted by molar-refractivity contribution is 5.99. The van der Waals surface area contributed by atoms with Gasteiger partial charge in [-0.2, -0.15) is 0 Å². The molecule has 3 N–H and O–H groups in total. The van der Waals surface area contributed by atoms with E-state index >= 15 is 0 Å². The maximum Gasteiger partial charge on any atom is 0.245 e. The van der Waals surface area contributed by atoms with Gasteiger partial charge >= 0.3 is 0 Å². The van der Waals surface area contributed by atoms with E-state index in [0.29, 0.717) is 19.0 Å². The van der Waals surface area contributed by atoms with Crippen molar-refractivity contribution in [2.45, 2.75) is 56.5 Å². The number of phenols is 1. The molecule has 1 aromatic carbocycles. The molecular formula is C22H29N3O3. The van der Waals surface area contributed by atoms with Crippen molar-refractivity contribution in [3.63, 3.8) is 0 Å². The van der Waals surface area contributed by atoms with Gasteiger partial charge in [0.05, 0.1) is 6.04 Å². The lowest BCUT2D eigenvalue weighted by Gasteiger charge is -2.60. The minimum Gasteiger partial charge on any atom is -0.508 e. The van der Waals surface area contributed by atoms with Crippen molar-refractivity contribution in [1.29, 1.82) is 0 Å². The van der Waals surface area contributed by atoms with Gasteiger partial charge < -0.3 is 10.8 Å². The number of hydrogen-bond acceptors (Lipinski definition) is 5. The Morgan fingerprint density at radius 1 is 1.39 bits per heavy atom. The summed E-state index contributed by atoms with van der Waals surface area (Å²) in [5.41, 5.74) is 7.92. The standard InChI is InChI=1S/C22H29N3O3/c1-13(23)21(28)25-12-18-19-8-15-4-5-16(26)9-17(15)22(18,10-20(25)27)6-7-24(19)11-14-2-3-14/h4-5,9,13-14,18-19,26H,2-3,6-8,10-12,23H2,1H3/t13-,18-,19+,22+/m0/s1. The summed E-state index contributed by atoms with van der Waals surface area (Å²) in [6.45, 7) is 4.20. The van der Waals surface area contributed by atoms with Gasteiger partial charge in [-0.25, -0.2) is 0 Å². The Labute approximate surface area is 165 Å². The quantitative estimate of drug-likeness (QED) is 0.824. The number of benzene rings is 1. The van der Waals surface area contributed by atoms with Crippen molar-refractivity contribution in [3.8, 4) is 5.75 Å². The molecule has 0 aromatic heterocycles. The molecule has 28 heavy (non-hydrogen) atoms. The topological polar surface area (TPSA) is 86.9 Å². The van der Waals surface area contributed by atoms with E-state index in [-0.39, 0.29) is 28.9 Å². The Hall–Kier alpha value is -1.92. The van der Waals surface area contributed by atoms with E-state index < -0.39 is 6.04 Å². The molecule has 2 bridgehead atoms. The second-order valence-corrected chi connectivity index (χ2v) is 9.37. The van der Waals surface area contributed by atoms with Crippen molar-refractivity contribution in [3.05, 3.63) is 29.3 Å². The van der Waals surface area contributed by atoms with E-state index in [4.69, 9.17) is 5.73 Å². The molecule has 0 radical (unpaired) electrons. The van der Waals surface area contributed by atoms with E-state index in [1.54, 1.807) is 13.0 Å². The fourth-order valence-electron chi connectivity index (χ4n) is 5.95. The van der Waals surface area contributed by atoms with E-state index in [2.05, 4.69) is 4.90 Å². The summed E-state index contributed by atoms with van der Waals surface area (Å²) in [6.07, 6.45) is 4.79. The number of piperidine rings is 2. The highest BCUT2D eigenvalue weighted by Gasteiger charge is 2.58. The SMILES string of the molecule is C[C@H](N)C(=O)N1C[C@H]2[C@H]3Cc4ccc(O)cc4[C@@]2(CCN3CC2CC2)CC1=O. The fourth-order valence-corrected chi connectivity index (χ4v) is 5.95. The van der Waals surface area contributed by atoms with Gasteiger partial charge in [0.2, 0.25) is 11.8 Å². The Balaban J connectivity index is 1.57. The molecule has 2 heterocycles. The van der Waals surface area contributed by atoms with Gasteiger partial charge in [-0.1, -0.05) is 6.07 Å². The number of imide groups is 1. The molecule has 3 fully saturated rings. The molecule has 2 aliphatic heterocycles. The van der Waals surface area contributed by atoms with Gasteiger partial charge in [0.25, 0.3) is 0 Å². The molecule has 150 valence electrons. The summed E-state index contributed by atoms with van der Waals surface area (Å²) >= 11 is 0. The maximum absolute atomic E-state index is 13.0. The first kappa shape index (κ1) is 18.1. The van der Waals surface area contributed by atoms with Crippen LogP contribution in [-0.4, -0.2) is 58.4 Å². The third kappa shape index (κ3) is 2.69. The van der Waals surface area contributed by atoms with Gasteiger partial charge in [-0.05, 0) is 68.3 Å². The van der Waals surface area contributed by atoms with Crippen LogP contribution in [0, 0.1) is 11.8 Å². The zero-order valence-corrected chi connectivity index (χ0v) is 16.4. The minimum atomic E-state index is -0.666. The first-order valence-electron chi connectivity index (χ1n) is 10.6. The van der Waals surface area contributed by atoms with Crippen molar-refractivity contribution in [1.82, 2.24) is 9.80 Å². The lowest BCUT2D eigenvalue weighted by molar-refractivity contribution is -0.156. The second-order valence-electron chi connectivity index (χ2n) is 9.37. The molecule has 5 rings (SSSR count). The summed E-state index contributed by atoms with van der Waals surface area (Å²) in [6, 6.07) is 5.32. The van der Waals surface area contributed by atoms with Crippen molar-refractivity contribution < 1.29 is 14.7 Å². The summed E-state index contributed by atoms with van der Waals surface area (Å²) in [5.74, 6) is 0.875. The predicted molar refractivity (Wildman–Crippen MR) is 105 cm³/mol. The Kier molecular flexibility index (Phi) is 4.07. The third-order valence-corrected chi connectivity index (χ3v) is 7.54. The zero-order valence-electron chi connectivity index (χ0n) is 16.4. The first-order valence-corrected chi connectivity index (χ1v) is 10.6. The van der Waals surface area contributed by atoms with E-state index in [0.717, 1.165) is 37.4 Å². The molecule has 2 aliphatic carbocycles. The van der Waals surface area contributed by atoms with Crippen LogP contribution in [0.15, 0.2) is 18.2 Å². The zero-order chi connectivity index (χ0) is 19.6. The number of carbonyl (C=O) groups is 2. The van der Waals surface area contributed by atoms with Crippen LogP contribution in [-0.2, 0) is 21.4 Å². The molecule has 6 nitrogen and oxygen atoms in total. The van der Waals surface area contributed by atoms with Crippen LogP contribution >= 0.6 is 0 Å². The largest absolute Gasteiger partial charge is 0.508 e. The van der Waals surface area contributed by atoms with Crippen LogP contribution < -0.4 is 5.73 Å². The number of carbonyl (C=O) groups excluding carboxylic acids is 2. The Morgan fingerprint density at radius 2 is 2.18 bits per heavy atom. The fraction of sp³-hybridized carbons (Fsp3) is 0.636. The summed E-state index contributed by atoms with van der Waals surface area (Å²) < 4.78 is 0. The smallest absolute Gasteiger partial charge is 0.245 e. The van der Waals surface area contributed by atoms with Crippen LogP contribution in [0.1, 0.15) is 43.7 Å². The third-order valence-electron chi connectivity index (χ3n) is 7.54. The number of phenolic OH excluding ortho intramolecular Hbond substituents is 1. The van der Waals surface area contributed by atoms with Crippen molar-refractivity contribution >= 4 is 11.8 Å². The molecule has 2 amide bonds. The molecule has 4 atom stereocenters. The van der Waals surface area contributed by atoms with Crippen LogP contribution in [0.2, 0.25) is 0 Å². The normalized spacial score (nSPS) is 33.2. The Bertz CT molecular complexity index is 834. The highest BCUT2D eigenvalue weighted by Crippen LogP contribution is 2.54. The molecular weight excluding hydrogens is 354 g/mol. The number of likely N-dealkylation sites (tertiary alicyclic amines) is 2. The molecule has 1 saturated carbocycles. The molecule has 0 spiro atoms. The van der Waals surface area contributed by atoms with Gasteiger partial charge in [-0.3, -0.25) is 19.4 Å². The lowest BCUT2D eigenvalue weighted by Crippen LogP contribution is -2.68. The van der Waals surface area contributed by atoms with Crippen LogP contribution in [0.3, 0.4) is 0 Å². The molecule has 1 aromatic rings. The number of amides is 2.